The van der Waals surface area contributed by atoms with Gasteiger partial charge in [0.15, 0.2) is 5.82 Å². The van der Waals surface area contributed by atoms with Crippen molar-refractivity contribution in [2.45, 2.75) is 25.9 Å². The summed E-state index contributed by atoms with van der Waals surface area (Å²) in [6.07, 6.45) is 1.38. The summed E-state index contributed by atoms with van der Waals surface area (Å²) in [7, 11) is 1.58. The fraction of sp³-hybridized carbons (Fsp3) is 0.333. The highest BCUT2D eigenvalue weighted by molar-refractivity contribution is 6.37. The van der Waals surface area contributed by atoms with Crippen molar-refractivity contribution in [3.05, 3.63) is 46.2 Å². The van der Waals surface area contributed by atoms with Gasteiger partial charge in [0.25, 0.3) is 0 Å². The van der Waals surface area contributed by atoms with Gasteiger partial charge in [-0.2, -0.15) is 0 Å². The highest BCUT2D eigenvalue weighted by Crippen LogP contribution is 2.35. The molecule has 21 heavy (non-hydrogen) atoms. The van der Waals surface area contributed by atoms with E-state index < -0.39 is 5.82 Å². The number of benzene rings is 1. The van der Waals surface area contributed by atoms with Gasteiger partial charge in [0.2, 0.25) is 0 Å². The first-order valence-corrected chi connectivity index (χ1v) is 7.34. The Kier molecular flexibility index (Phi) is 5.51. The molecule has 0 saturated heterocycles. The summed E-state index contributed by atoms with van der Waals surface area (Å²) in [5.41, 5.74) is 0.579. The maximum absolute atomic E-state index is 13.9. The van der Waals surface area contributed by atoms with Gasteiger partial charge in [0, 0.05) is 12.7 Å². The molecule has 2 rings (SSSR count). The van der Waals surface area contributed by atoms with E-state index in [2.05, 4.69) is 9.97 Å². The predicted octanol–water partition coefficient (Wildman–Crippen LogP) is 5.08. The molecule has 0 N–H and O–H groups in total. The Bertz CT molecular complexity index is 614. The zero-order chi connectivity index (χ0) is 15.4. The van der Waals surface area contributed by atoms with Gasteiger partial charge in [0.1, 0.15) is 22.2 Å². The van der Waals surface area contributed by atoms with E-state index in [-0.39, 0.29) is 22.0 Å². The van der Waals surface area contributed by atoms with Crippen molar-refractivity contribution >= 4 is 23.2 Å². The Morgan fingerprint density at radius 3 is 2.33 bits per heavy atom. The summed E-state index contributed by atoms with van der Waals surface area (Å²) in [6.45, 7) is 2.03. The minimum Gasteiger partial charge on any atom is -0.373 e. The van der Waals surface area contributed by atoms with Crippen LogP contribution in [0.4, 0.5) is 4.39 Å². The molecule has 0 amide bonds. The summed E-state index contributed by atoms with van der Waals surface area (Å²) < 4.78 is 19.2. The maximum atomic E-state index is 13.9. The Morgan fingerprint density at radius 1 is 1.19 bits per heavy atom. The molecule has 1 unspecified atom stereocenters. The first-order valence-electron chi connectivity index (χ1n) is 6.59. The normalized spacial score (nSPS) is 12.4. The third kappa shape index (κ3) is 3.51. The highest BCUT2D eigenvalue weighted by Gasteiger charge is 2.20. The molecule has 0 spiro atoms. The molecule has 1 atom stereocenters. The summed E-state index contributed by atoms with van der Waals surface area (Å²) in [5.74, 6) is -0.0102. The molecular weight excluding hydrogens is 314 g/mol. The van der Waals surface area contributed by atoms with Crippen LogP contribution in [-0.4, -0.2) is 17.1 Å². The van der Waals surface area contributed by atoms with Crippen molar-refractivity contribution in [3.63, 3.8) is 0 Å². The number of halogens is 3. The minimum atomic E-state index is -0.422. The summed E-state index contributed by atoms with van der Waals surface area (Å²) in [4.78, 5) is 8.44. The molecule has 0 aliphatic heterocycles. The molecule has 0 bridgehead atoms. The molecule has 1 aromatic heterocycles. The number of hydrogen-bond acceptors (Lipinski definition) is 3. The van der Waals surface area contributed by atoms with Crippen molar-refractivity contribution in [2.75, 3.05) is 7.11 Å². The third-order valence-electron chi connectivity index (χ3n) is 3.10. The highest BCUT2D eigenvalue weighted by atomic mass is 35.5. The van der Waals surface area contributed by atoms with Crippen molar-refractivity contribution in [2.24, 2.45) is 0 Å². The van der Waals surface area contributed by atoms with Crippen LogP contribution in [-0.2, 0) is 4.74 Å². The summed E-state index contributed by atoms with van der Waals surface area (Å²) in [5, 5.41) is 0.238. The molecule has 0 radical (unpaired) electrons. The van der Waals surface area contributed by atoms with Crippen LogP contribution in [0.25, 0.3) is 11.1 Å². The molecule has 1 aromatic carbocycles. The van der Waals surface area contributed by atoms with Crippen LogP contribution in [0.3, 0.4) is 0 Å². The van der Waals surface area contributed by atoms with Crippen molar-refractivity contribution < 1.29 is 9.13 Å². The van der Waals surface area contributed by atoms with Crippen molar-refractivity contribution in [3.8, 4) is 11.1 Å². The standard InChI is InChI=1S/C15H15Cl2FN2O/c1-3-6-11(21-2)15-19-13(16)12(14(17)20-15)9-7-4-5-8-10(9)18/h4-5,7-8,11H,3,6H2,1-2H3. The number of nitrogens with zero attached hydrogens (tertiary/aromatic N) is 2. The van der Waals surface area contributed by atoms with E-state index in [1.54, 1.807) is 25.3 Å². The van der Waals surface area contributed by atoms with E-state index in [0.29, 0.717) is 11.4 Å². The van der Waals surface area contributed by atoms with E-state index in [1.807, 2.05) is 6.92 Å². The lowest BCUT2D eigenvalue weighted by Crippen LogP contribution is -2.08. The van der Waals surface area contributed by atoms with E-state index in [0.717, 1.165) is 12.8 Å². The fourth-order valence-electron chi connectivity index (χ4n) is 2.07. The van der Waals surface area contributed by atoms with Crippen LogP contribution in [0.1, 0.15) is 31.7 Å². The van der Waals surface area contributed by atoms with Crippen LogP contribution < -0.4 is 0 Å². The quantitative estimate of drug-likeness (QED) is 0.718. The minimum absolute atomic E-state index is 0.119. The van der Waals surface area contributed by atoms with Crippen LogP contribution in [0, 0.1) is 5.82 Å². The van der Waals surface area contributed by atoms with Crippen molar-refractivity contribution in [1.29, 1.82) is 0 Å². The second-order valence-corrected chi connectivity index (χ2v) is 5.25. The number of ether oxygens (including phenoxy) is 1. The Hall–Kier alpha value is -1.23. The molecule has 1 heterocycles. The lowest BCUT2D eigenvalue weighted by Gasteiger charge is -2.15. The molecule has 0 aliphatic carbocycles. The van der Waals surface area contributed by atoms with Gasteiger partial charge < -0.3 is 4.74 Å². The maximum Gasteiger partial charge on any atom is 0.160 e. The van der Waals surface area contributed by atoms with Gasteiger partial charge >= 0.3 is 0 Å². The first kappa shape index (κ1) is 16.1. The lowest BCUT2D eigenvalue weighted by molar-refractivity contribution is 0.0876. The van der Waals surface area contributed by atoms with Gasteiger partial charge in [-0.15, -0.1) is 0 Å². The first-order chi connectivity index (χ1) is 10.1. The second-order valence-electron chi connectivity index (χ2n) is 4.53. The molecule has 0 saturated carbocycles. The van der Waals surface area contributed by atoms with Gasteiger partial charge in [-0.1, -0.05) is 54.7 Å². The molecule has 6 heteroatoms. The number of hydrogen-bond donors (Lipinski definition) is 0. The lowest BCUT2D eigenvalue weighted by atomic mass is 10.1. The van der Waals surface area contributed by atoms with Crippen LogP contribution in [0.5, 0.6) is 0 Å². The van der Waals surface area contributed by atoms with Crippen LogP contribution >= 0.6 is 23.2 Å². The van der Waals surface area contributed by atoms with Gasteiger partial charge in [-0.3, -0.25) is 0 Å². The zero-order valence-electron chi connectivity index (χ0n) is 11.7. The van der Waals surface area contributed by atoms with Crippen molar-refractivity contribution in [1.82, 2.24) is 9.97 Å². The average molecular weight is 329 g/mol. The van der Waals surface area contributed by atoms with Gasteiger partial charge in [-0.25, -0.2) is 14.4 Å². The Labute approximate surface area is 133 Å². The van der Waals surface area contributed by atoms with E-state index >= 15 is 0 Å². The largest absolute Gasteiger partial charge is 0.373 e. The molecular formula is C15H15Cl2FN2O. The monoisotopic (exact) mass is 328 g/mol. The molecule has 0 fully saturated rings. The molecule has 2 aromatic rings. The topological polar surface area (TPSA) is 35.0 Å². The zero-order valence-corrected chi connectivity index (χ0v) is 13.2. The average Bonchev–Trinajstić information content (AvgIpc) is 2.46. The second kappa shape index (κ2) is 7.16. The summed E-state index contributed by atoms with van der Waals surface area (Å²) >= 11 is 12.4. The van der Waals surface area contributed by atoms with Gasteiger partial charge in [-0.05, 0) is 12.5 Å². The molecule has 3 nitrogen and oxygen atoms in total. The van der Waals surface area contributed by atoms with E-state index in [9.17, 15) is 4.39 Å². The SMILES string of the molecule is CCCC(OC)c1nc(Cl)c(-c2ccccc2F)c(Cl)n1. The van der Waals surface area contributed by atoms with E-state index in [4.69, 9.17) is 27.9 Å². The number of rotatable bonds is 5. The number of methoxy groups -OCH3 is 1. The summed E-state index contributed by atoms with van der Waals surface area (Å²) in [6, 6.07) is 6.22. The van der Waals surface area contributed by atoms with Crippen LogP contribution in [0.15, 0.2) is 24.3 Å². The van der Waals surface area contributed by atoms with Crippen LogP contribution in [0.2, 0.25) is 10.3 Å². The van der Waals surface area contributed by atoms with Gasteiger partial charge in [0.05, 0.1) is 5.56 Å². The fourth-order valence-corrected chi connectivity index (χ4v) is 2.67. The third-order valence-corrected chi connectivity index (χ3v) is 3.65. The molecule has 0 aliphatic rings. The smallest absolute Gasteiger partial charge is 0.160 e. The Balaban J connectivity index is 2.50. The number of aromatic nitrogens is 2. The van der Waals surface area contributed by atoms with E-state index in [1.165, 1.54) is 6.07 Å². The predicted molar refractivity (Wildman–Crippen MR) is 82.1 cm³/mol. The molecule has 112 valence electrons. The Morgan fingerprint density at radius 2 is 1.81 bits per heavy atom.